The lowest BCUT2D eigenvalue weighted by Gasteiger charge is -2.07. The number of hydrogen-bond acceptors (Lipinski definition) is 3. The highest BCUT2D eigenvalue weighted by atomic mass is 15.2. The average Bonchev–Trinajstić information content (AvgIpc) is 2.91. The molecule has 0 amide bonds. The maximum absolute atomic E-state index is 4.24. The number of hydrogen-bond donors (Lipinski definition) is 2. The van der Waals surface area contributed by atoms with Crippen molar-refractivity contribution in [3.63, 3.8) is 0 Å². The summed E-state index contributed by atoms with van der Waals surface area (Å²) in [5, 5.41) is 6.77. The van der Waals surface area contributed by atoms with Gasteiger partial charge in [-0.25, -0.2) is 4.98 Å². The zero-order chi connectivity index (χ0) is 9.80. The quantitative estimate of drug-likeness (QED) is 0.666. The summed E-state index contributed by atoms with van der Waals surface area (Å²) < 4.78 is 2.11. The van der Waals surface area contributed by atoms with Crippen molar-refractivity contribution in [1.82, 2.24) is 14.9 Å². The van der Waals surface area contributed by atoms with Crippen LogP contribution >= 0.6 is 0 Å². The highest BCUT2D eigenvalue weighted by Gasteiger charge is 2.19. The molecule has 1 heterocycles. The molecule has 1 saturated carbocycles. The van der Waals surface area contributed by atoms with E-state index in [1.165, 1.54) is 12.8 Å². The maximum Gasteiger partial charge on any atom is 0.202 e. The van der Waals surface area contributed by atoms with Crippen LogP contribution in [0.15, 0.2) is 12.4 Å². The van der Waals surface area contributed by atoms with Gasteiger partial charge in [0.2, 0.25) is 5.95 Å². The second-order valence-electron chi connectivity index (χ2n) is 3.69. The molecule has 2 N–H and O–H groups in total. The average molecular weight is 194 g/mol. The zero-order valence-electron chi connectivity index (χ0n) is 8.66. The van der Waals surface area contributed by atoms with Crippen LogP contribution in [0.5, 0.6) is 0 Å². The van der Waals surface area contributed by atoms with E-state index in [-0.39, 0.29) is 0 Å². The Morgan fingerprint density at radius 1 is 1.50 bits per heavy atom. The van der Waals surface area contributed by atoms with E-state index in [0.717, 1.165) is 31.6 Å². The summed E-state index contributed by atoms with van der Waals surface area (Å²) in [6.45, 7) is 5.07. The number of nitrogens with one attached hydrogen (secondary N) is 2. The first kappa shape index (κ1) is 9.52. The minimum atomic E-state index is 0.794. The van der Waals surface area contributed by atoms with E-state index >= 15 is 0 Å². The number of aryl methyl sites for hydroxylation is 1. The molecule has 0 unspecified atom stereocenters. The summed E-state index contributed by atoms with van der Waals surface area (Å²) in [4.78, 5) is 4.24. The highest BCUT2D eigenvalue weighted by molar-refractivity contribution is 5.25. The Labute approximate surface area is 84.7 Å². The van der Waals surface area contributed by atoms with E-state index in [4.69, 9.17) is 0 Å². The number of nitrogens with zero attached hydrogens (tertiary/aromatic N) is 2. The van der Waals surface area contributed by atoms with Crippen LogP contribution in [-0.4, -0.2) is 28.7 Å². The topological polar surface area (TPSA) is 41.9 Å². The lowest BCUT2D eigenvalue weighted by Crippen LogP contribution is -2.24. The third-order valence-corrected chi connectivity index (χ3v) is 2.47. The first-order valence-corrected chi connectivity index (χ1v) is 5.38. The molecule has 4 nitrogen and oxygen atoms in total. The van der Waals surface area contributed by atoms with E-state index in [1.54, 1.807) is 0 Å². The first-order valence-electron chi connectivity index (χ1n) is 5.38. The van der Waals surface area contributed by atoms with Crippen molar-refractivity contribution in [2.45, 2.75) is 32.4 Å². The predicted molar refractivity (Wildman–Crippen MR) is 57.4 cm³/mol. The molecule has 4 heteroatoms. The molecule has 1 aromatic rings. The predicted octanol–water partition coefficient (Wildman–Crippen LogP) is 1.07. The summed E-state index contributed by atoms with van der Waals surface area (Å²) in [7, 11) is 0. The molecule has 2 rings (SSSR count). The van der Waals surface area contributed by atoms with Crippen molar-refractivity contribution in [2.75, 3.05) is 18.4 Å². The normalized spacial score (nSPS) is 15.8. The van der Waals surface area contributed by atoms with E-state index in [2.05, 4.69) is 27.1 Å². The van der Waals surface area contributed by atoms with Gasteiger partial charge in [-0.3, -0.25) is 0 Å². The molecule has 0 aromatic carbocycles. The third kappa shape index (κ3) is 2.48. The molecule has 0 bridgehead atoms. The van der Waals surface area contributed by atoms with Gasteiger partial charge in [-0.15, -0.1) is 0 Å². The van der Waals surface area contributed by atoms with Crippen molar-refractivity contribution in [1.29, 1.82) is 0 Å². The van der Waals surface area contributed by atoms with Gasteiger partial charge in [0.15, 0.2) is 0 Å². The van der Waals surface area contributed by atoms with Crippen LogP contribution < -0.4 is 10.6 Å². The maximum atomic E-state index is 4.24. The second kappa shape index (κ2) is 4.46. The smallest absolute Gasteiger partial charge is 0.202 e. The summed E-state index contributed by atoms with van der Waals surface area (Å²) in [5.74, 6) is 0.977. The largest absolute Gasteiger partial charge is 0.354 e. The first-order chi connectivity index (χ1) is 6.90. The van der Waals surface area contributed by atoms with Crippen molar-refractivity contribution in [3.05, 3.63) is 12.4 Å². The Hall–Kier alpha value is -1.03. The molecule has 0 saturated heterocycles. The third-order valence-electron chi connectivity index (χ3n) is 2.47. The molecule has 1 aromatic heterocycles. The SMILES string of the molecule is CCn1ccnc1NCCNC1CC1. The number of anilines is 1. The lowest BCUT2D eigenvalue weighted by molar-refractivity contribution is 0.692. The standard InChI is InChI=1S/C10H18N4/c1-2-14-8-7-13-10(14)12-6-5-11-9-3-4-9/h7-9,11H,2-6H2,1H3,(H,12,13). The van der Waals surface area contributed by atoms with Crippen LogP contribution in [-0.2, 0) is 6.54 Å². The van der Waals surface area contributed by atoms with Crippen molar-refractivity contribution in [2.24, 2.45) is 0 Å². The molecule has 0 spiro atoms. The summed E-state index contributed by atoms with van der Waals surface area (Å²) in [5.41, 5.74) is 0. The van der Waals surface area contributed by atoms with Crippen LogP contribution in [0, 0.1) is 0 Å². The van der Waals surface area contributed by atoms with Gasteiger partial charge in [-0.05, 0) is 19.8 Å². The van der Waals surface area contributed by atoms with Gasteiger partial charge in [0, 0.05) is 38.1 Å². The highest BCUT2D eigenvalue weighted by Crippen LogP contribution is 2.17. The van der Waals surface area contributed by atoms with Crippen LogP contribution in [0.1, 0.15) is 19.8 Å². The Morgan fingerprint density at radius 3 is 3.07 bits per heavy atom. The molecular formula is C10H18N4. The van der Waals surface area contributed by atoms with Gasteiger partial charge in [0.1, 0.15) is 0 Å². The molecule has 0 aliphatic heterocycles. The fraction of sp³-hybridized carbons (Fsp3) is 0.700. The fourth-order valence-corrected chi connectivity index (χ4v) is 1.47. The van der Waals surface area contributed by atoms with Gasteiger partial charge >= 0.3 is 0 Å². The molecule has 0 atom stereocenters. The molecule has 1 aliphatic rings. The van der Waals surface area contributed by atoms with Gasteiger partial charge in [-0.1, -0.05) is 0 Å². The molecule has 1 aliphatic carbocycles. The van der Waals surface area contributed by atoms with Crippen molar-refractivity contribution in [3.8, 4) is 0 Å². The molecule has 0 radical (unpaired) electrons. The molecular weight excluding hydrogens is 176 g/mol. The monoisotopic (exact) mass is 194 g/mol. The van der Waals surface area contributed by atoms with E-state index < -0.39 is 0 Å². The Kier molecular flexibility index (Phi) is 3.03. The van der Waals surface area contributed by atoms with E-state index in [0.29, 0.717) is 0 Å². The van der Waals surface area contributed by atoms with Crippen molar-refractivity contribution < 1.29 is 0 Å². The minimum Gasteiger partial charge on any atom is -0.354 e. The van der Waals surface area contributed by atoms with Gasteiger partial charge in [0.25, 0.3) is 0 Å². The minimum absolute atomic E-state index is 0.794. The lowest BCUT2D eigenvalue weighted by atomic mass is 10.5. The van der Waals surface area contributed by atoms with Crippen LogP contribution in [0.25, 0.3) is 0 Å². The Balaban J connectivity index is 1.68. The number of rotatable bonds is 6. The summed E-state index contributed by atoms with van der Waals surface area (Å²) >= 11 is 0. The van der Waals surface area contributed by atoms with Crippen LogP contribution in [0.4, 0.5) is 5.95 Å². The Morgan fingerprint density at radius 2 is 2.36 bits per heavy atom. The number of aromatic nitrogens is 2. The molecule has 1 fully saturated rings. The van der Waals surface area contributed by atoms with E-state index in [9.17, 15) is 0 Å². The number of imidazole rings is 1. The molecule has 78 valence electrons. The van der Waals surface area contributed by atoms with Crippen LogP contribution in [0.3, 0.4) is 0 Å². The van der Waals surface area contributed by atoms with Gasteiger partial charge in [-0.2, -0.15) is 0 Å². The zero-order valence-corrected chi connectivity index (χ0v) is 8.66. The summed E-state index contributed by atoms with van der Waals surface area (Å²) in [6, 6.07) is 0.794. The van der Waals surface area contributed by atoms with Gasteiger partial charge in [0.05, 0.1) is 0 Å². The van der Waals surface area contributed by atoms with E-state index in [1.807, 2.05) is 12.4 Å². The summed E-state index contributed by atoms with van der Waals surface area (Å²) in [6.07, 6.45) is 6.53. The Bertz CT molecular complexity index is 277. The van der Waals surface area contributed by atoms with Crippen molar-refractivity contribution >= 4 is 5.95 Å². The molecule has 14 heavy (non-hydrogen) atoms. The van der Waals surface area contributed by atoms with Crippen LogP contribution in [0.2, 0.25) is 0 Å². The van der Waals surface area contributed by atoms with Gasteiger partial charge < -0.3 is 15.2 Å². The fourth-order valence-electron chi connectivity index (χ4n) is 1.47. The second-order valence-corrected chi connectivity index (χ2v) is 3.69.